The SMILES string of the molecule is C=C1[C@@H]2CC[C@H]3[C@@]45CO[C@](O)([C@@H](O)[C@@H]4C(C)(C)CCC5=O)[C@]34C(=O)C1(C(=O)C1CCC(NC(=O)OC(C)(C)C)CC1)[C@H]24. The van der Waals surface area contributed by atoms with Gasteiger partial charge >= 0.3 is 6.09 Å². The van der Waals surface area contributed by atoms with Gasteiger partial charge in [0, 0.05) is 30.2 Å². The molecule has 9 atom stereocenters. The molecule has 0 aromatic rings. The summed E-state index contributed by atoms with van der Waals surface area (Å²) in [6.07, 6.45) is 2.58. The highest BCUT2D eigenvalue weighted by atomic mass is 16.6. The van der Waals surface area contributed by atoms with Crippen molar-refractivity contribution in [3.05, 3.63) is 12.2 Å². The number of carbonyl (C=O) groups excluding carboxylic acids is 4. The van der Waals surface area contributed by atoms with Gasteiger partial charge in [0.05, 0.1) is 17.4 Å². The molecule has 230 valence electrons. The van der Waals surface area contributed by atoms with E-state index >= 15 is 0 Å². The Bertz CT molecular complexity index is 1310. The molecule has 8 fully saturated rings. The third kappa shape index (κ3) is 2.97. The number of alkyl carbamates (subject to hydrolysis) is 1. The second kappa shape index (κ2) is 8.33. The molecule has 6 aliphatic carbocycles. The fourth-order valence-electron chi connectivity index (χ4n) is 11.5. The normalized spacial score (nSPS) is 50.0. The number of amides is 1. The second-order valence-corrected chi connectivity index (χ2v) is 16.2. The second-order valence-electron chi connectivity index (χ2n) is 16.2. The molecule has 8 rings (SSSR count). The van der Waals surface area contributed by atoms with Gasteiger partial charge in [-0.25, -0.2) is 4.79 Å². The molecule has 9 heteroatoms. The first kappa shape index (κ1) is 28.7. The molecular weight excluding hydrogens is 538 g/mol. The van der Waals surface area contributed by atoms with E-state index in [0.29, 0.717) is 56.9 Å². The molecule has 0 aromatic heterocycles. The molecule has 2 saturated heterocycles. The van der Waals surface area contributed by atoms with E-state index in [0.717, 1.165) is 0 Å². The van der Waals surface area contributed by atoms with E-state index in [1.165, 1.54) is 0 Å². The van der Waals surface area contributed by atoms with Crippen molar-refractivity contribution >= 4 is 23.4 Å². The first-order valence-corrected chi connectivity index (χ1v) is 15.9. The molecule has 6 saturated carbocycles. The molecule has 2 heterocycles. The lowest BCUT2D eigenvalue weighted by atomic mass is 9.18. The highest BCUT2D eigenvalue weighted by Gasteiger charge is 2.96. The van der Waals surface area contributed by atoms with Gasteiger partial charge in [0.25, 0.3) is 0 Å². The lowest BCUT2D eigenvalue weighted by molar-refractivity contribution is -0.460. The Morgan fingerprint density at radius 2 is 1.71 bits per heavy atom. The third-order valence-electron chi connectivity index (χ3n) is 12.9. The van der Waals surface area contributed by atoms with E-state index in [9.17, 15) is 29.4 Å². The van der Waals surface area contributed by atoms with E-state index in [-0.39, 0.29) is 41.8 Å². The number of hydrogen-bond donors (Lipinski definition) is 3. The van der Waals surface area contributed by atoms with Crippen molar-refractivity contribution in [2.24, 2.45) is 51.2 Å². The summed E-state index contributed by atoms with van der Waals surface area (Å²) < 4.78 is 11.5. The van der Waals surface area contributed by atoms with Gasteiger partial charge < -0.3 is 25.0 Å². The van der Waals surface area contributed by atoms with Gasteiger partial charge in [0.15, 0.2) is 11.6 Å². The largest absolute Gasteiger partial charge is 0.444 e. The molecule has 2 spiro atoms. The average molecular weight is 584 g/mol. The summed E-state index contributed by atoms with van der Waals surface area (Å²) >= 11 is 0. The van der Waals surface area contributed by atoms with E-state index in [2.05, 4.69) is 11.9 Å². The molecule has 42 heavy (non-hydrogen) atoms. The Hall–Kier alpha value is -2.10. The van der Waals surface area contributed by atoms with Crippen LogP contribution in [-0.2, 0) is 23.9 Å². The Balaban J connectivity index is 1.19. The number of Topliss-reactive ketones (excluding diaryl/α,β-unsaturated/α-hetero) is 3. The van der Waals surface area contributed by atoms with Crippen molar-refractivity contribution in [2.45, 2.75) is 110 Å². The zero-order chi connectivity index (χ0) is 30.4. The lowest BCUT2D eigenvalue weighted by Crippen LogP contribution is -2.95. The number of hydrogen-bond acceptors (Lipinski definition) is 8. The van der Waals surface area contributed by atoms with Gasteiger partial charge in [0.1, 0.15) is 22.9 Å². The molecule has 2 aliphatic heterocycles. The standard InChI is InChI=1S/C33H45NO8/c1-16-19-11-12-20-30-15-41-33(40,25(37)23(30)29(5,6)14-13-21(30)35)32(20)22(19)31(16,26(32)38)24(36)17-7-9-18(10-8-17)34-27(39)42-28(2,3)4/h17-20,22-23,25,37,40H,1,7-15H2,2-6H3,(H,34,39)/t17?,18?,19-,20-,22-,23+,25-,30+,31?,32+,33+/m0/s1. The van der Waals surface area contributed by atoms with Gasteiger partial charge in [-0.05, 0) is 83.0 Å². The van der Waals surface area contributed by atoms with Crippen molar-refractivity contribution < 1.29 is 38.9 Å². The predicted molar refractivity (Wildman–Crippen MR) is 150 cm³/mol. The van der Waals surface area contributed by atoms with Gasteiger partial charge in [-0.1, -0.05) is 26.0 Å². The van der Waals surface area contributed by atoms with Gasteiger partial charge in [-0.15, -0.1) is 0 Å². The summed E-state index contributed by atoms with van der Waals surface area (Å²) in [5, 5.41) is 27.1. The Morgan fingerprint density at radius 1 is 1.05 bits per heavy atom. The number of ketones is 3. The number of aliphatic hydroxyl groups is 2. The number of nitrogens with one attached hydrogen (secondary N) is 1. The Labute approximate surface area is 247 Å². The van der Waals surface area contributed by atoms with Crippen LogP contribution in [-0.4, -0.2) is 63.8 Å². The molecule has 2 bridgehead atoms. The smallest absolute Gasteiger partial charge is 0.407 e. The van der Waals surface area contributed by atoms with Crippen LogP contribution in [0, 0.1) is 51.2 Å². The maximum absolute atomic E-state index is 14.8. The van der Waals surface area contributed by atoms with Crippen LogP contribution >= 0.6 is 0 Å². The zero-order valence-electron chi connectivity index (χ0n) is 25.5. The molecule has 0 radical (unpaired) electrons. The fourth-order valence-corrected chi connectivity index (χ4v) is 11.5. The summed E-state index contributed by atoms with van der Waals surface area (Å²) in [5.74, 6) is -4.68. The highest BCUT2D eigenvalue weighted by molar-refractivity contribution is 6.21. The number of aliphatic hydroxyl groups excluding tert-OH is 1. The van der Waals surface area contributed by atoms with Crippen LogP contribution in [0.25, 0.3) is 0 Å². The zero-order valence-corrected chi connectivity index (χ0v) is 25.5. The van der Waals surface area contributed by atoms with E-state index in [4.69, 9.17) is 9.47 Å². The van der Waals surface area contributed by atoms with E-state index in [1.54, 1.807) is 0 Å². The highest BCUT2D eigenvalue weighted by Crippen LogP contribution is 2.87. The van der Waals surface area contributed by atoms with Crippen molar-refractivity contribution in [1.82, 2.24) is 5.32 Å². The number of allylic oxidation sites excluding steroid dienone is 1. The minimum absolute atomic E-state index is 0.00112. The first-order chi connectivity index (χ1) is 19.5. The quantitative estimate of drug-likeness (QED) is 0.339. The van der Waals surface area contributed by atoms with Crippen LogP contribution in [0.3, 0.4) is 0 Å². The fraction of sp³-hybridized carbons (Fsp3) is 0.818. The topological polar surface area (TPSA) is 139 Å². The molecule has 1 unspecified atom stereocenters. The monoisotopic (exact) mass is 583 g/mol. The average Bonchev–Trinajstić information content (AvgIpc) is 2.90. The van der Waals surface area contributed by atoms with Gasteiger partial charge in [-0.2, -0.15) is 0 Å². The molecule has 8 aliphatic rings. The van der Waals surface area contributed by atoms with Crippen LogP contribution < -0.4 is 5.32 Å². The minimum atomic E-state index is -2.14. The summed E-state index contributed by atoms with van der Waals surface area (Å²) in [5.41, 5.74) is -4.32. The first-order valence-electron chi connectivity index (χ1n) is 15.9. The van der Waals surface area contributed by atoms with Crippen molar-refractivity contribution in [2.75, 3.05) is 6.61 Å². The number of ether oxygens (including phenoxy) is 2. The van der Waals surface area contributed by atoms with Crippen LogP contribution in [0.2, 0.25) is 0 Å². The molecule has 3 N–H and O–H groups in total. The number of fused-ring (bicyclic) bond motifs is 1. The molecule has 1 amide bonds. The van der Waals surface area contributed by atoms with E-state index < -0.39 is 63.0 Å². The van der Waals surface area contributed by atoms with Crippen LogP contribution in [0.15, 0.2) is 12.2 Å². The third-order valence-corrected chi connectivity index (χ3v) is 12.9. The summed E-state index contributed by atoms with van der Waals surface area (Å²) in [4.78, 5) is 55.4. The number of carbonyl (C=O) groups is 4. The molecular formula is C33H45NO8. The summed E-state index contributed by atoms with van der Waals surface area (Å²) in [6.45, 7) is 13.8. The summed E-state index contributed by atoms with van der Waals surface area (Å²) in [6, 6.07) is -0.115. The van der Waals surface area contributed by atoms with Gasteiger partial charge in [-0.3, -0.25) is 14.4 Å². The van der Waals surface area contributed by atoms with Crippen LogP contribution in [0.1, 0.15) is 86.0 Å². The Morgan fingerprint density at radius 3 is 2.36 bits per heavy atom. The van der Waals surface area contributed by atoms with Crippen LogP contribution in [0.5, 0.6) is 0 Å². The molecule has 0 aromatic carbocycles. The maximum atomic E-state index is 14.8. The van der Waals surface area contributed by atoms with E-state index in [1.807, 2.05) is 34.6 Å². The van der Waals surface area contributed by atoms with Crippen molar-refractivity contribution in [1.29, 1.82) is 0 Å². The van der Waals surface area contributed by atoms with Gasteiger partial charge in [0.2, 0.25) is 5.79 Å². The number of rotatable bonds is 3. The Kier molecular flexibility index (Phi) is 5.68. The van der Waals surface area contributed by atoms with Crippen LogP contribution in [0.4, 0.5) is 4.79 Å². The van der Waals surface area contributed by atoms with Crippen molar-refractivity contribution in [3.8, 4) is 0 Å². The lowest BCUT2D eigenvalue weighted by Gasteiger charge is -2.84. The minimum Gasteiger partial charge on any atom is -0.444 e. The predicted octanol–water partition coefficient (Wildman–Crippen LogP) is 3.49. The maximum Gasteiger partial charge on any atom is 0.407 e. The summed E-state index contributed by atoms with van der Waals surface area (Å²) in [7, 11) is 0. The van der Waals surface area contributed by atoms with Crippen molar-refractivity contribution in [3.63, 3.8) is 0 Å². The molecule has 9 nitrogen and oxygen atoms in total.